The first-order valence-electron chi connectivity index (χ1n) is 10.3. The number of nitrogens with one attached hydrogen (secondary N) is 1. The standard InChI is InChI=1S/C23H26ClN3O3S/c1-2-3-10-21-25-14-17(27(21)15-16-7-4-5-9-19(16)24)12-22(28)26-20(23(29)30)13-18-8-6-11-31-18/h4-9,11,14,20H,2-3,10,12-13,15H2,1H3,(H,26,28)(H,29,30). The number of benzene rings is 1. The molecule has 1 unspecified atom stereocenters. The summed E-state index contributed by atoms with van der Waals surface area (Å²) in [5.41, 5.74) is 1.69. The summed E-state index contributed by atoms with van der Waals surface area (Å²) in [7, 11) is 0. The van der Waals surface area contributed by atoms with E-state index in [-0.39, 0.29) is 18.7 Å². The Bertz CT molecular complexity index is 1020. The highest BCUT2D eigenvalue weighted by Crippen LogP contribution is 2.20. The maximum Gasteiger partial charge on any atom is 0.326 e. The second-order valence-corrected chi connectivity index (χ2v) is 8.80. The van der Waals surface area contributed by atoms with Crippen molar-refractivity contribution in [2.45, 2.75) is 51.6 Å². The van der Waals surface area contributed by atoms with Crippen LogP contribution in [0.1, 0.15) is 41.7 Å². The summed E-state index contributed by atoms with van der Waals surface area (Å²) < 4.78 is 2.02. The fourth-order valence-electron chi connectivity index (χ4n) is 3.36. The Balaban J connectivity index is 1.76. The van der Waals surface area contributed by atoms with Gasteiger partial charge in [-0.2, -0.15) is 0 Å². The number of thiophene rings is 1. The SMILES string of the molecule is CCCCc1ncc(CC(=O)NC(Cc2cccs2)C(=O)O)n1Cc1ccccc1Cl. The number of carboxylic acids is 1. The maximum atomic E-state index is 12.7. The lowest BCUT2D eigenvalue weighted by atomic mass is 10.1. The van der Waals surface area contributed by atoms with Gasteiger partial charge in [0.05, 0.1) is 13.0 Å². The minimum Gasteiger partial charge on any atom is -0.480 e. The number of aryl methyl sites for hydroxylation is 1. The second-order valence-electron chi connectivity index (χ2n) is 7.37. The van der Waals surface area contributed by atoms with Crippen LogP contribution in [0.5, 0.6) is 0 Å². The molecule has 1 atom stereocenters. The van der Waals surface area contributed by atoms with E-state index >= 15 is 0 Å². The fraction of sp³-hybridized carbons (Fsp3) is 0.348. The summed E-state index contributed by atoms with van der Waals surface area (Å²) in [5, 5.41) is 14.7. The van der Waals surface area contributed by atoms with Crippen LogP contribution >= 0.6 is 22.9 Å². The highest BCUT2D eigenvalue weighted by molar-refractivity contribution is 7.09. The van der Waals surface area contributed by atoms with Gasteiger partial charge in [-0.25, -0.2) is 9.78 Å². The van der Waals surface area contributed by atoms with E-state index in [1.165, 1.54) is 11.3 Å². The van der Waals surface area contributed by atoms with Gasteiger partial charge in [0.2, 0.25) is 5.91 Å². The lowest BCUT2D eigenvalue weighted by Crippen LogP contribution is -2.43. The van der Waals surface area contributed by atoms with E-state index in [9.17, 15) is 14.7 Å². The molecular formula is C23H26ClN3O3S. The number of imidazole rings is 1. The molecule has 3 aromatic rings. The molecule has 31 heavy (non-hydrogen) atoms. The van der Waals surface area contributed by atoms with Crippen molar-refractivity contribution in [2.24, 2.45) is 0 Å². The molecule has 6 nitrogen and oxygen atoms in total. The molecule has 0 radical (unpaired) electrons. The average molecular weight is 460 g/mol. The second kappa shape index (κ2) is 11.1. The molecule has 0 bridgehead atoms. The Morgan fingerprint density at radius 1 is 1.26 bits per heavy atom. The Morgan fingerprint density at radius 2 is 2.06 bits per heavy atom. The Kier molecular flexibility index (Phi) is 8.26. The van der Waals surface area contributed by atoms with Crippen molar-refractivity contribution in [1.82, 2.24) is 14.9 Å². The molecule has 1 aromatic carbocycles. The molecule has 2 heterocycles. The number of carbonyl (C=O) groups excluding carboxylic acids is 1. The number of aliphatic carboxylic acids is 1. The first kappa shape index (κ1) is 23.0. The van der Waals surface area contributed by atoms with Crippen LogP contribution in [0.3, 0.4) is 0 Å². The van der Waals surface area contributed by atoms with Gasteiger partial charge in [-0.1, -0.05) is 49.2 Å². The molecule has 164 valence electrons. The normalized spacial score (nSPS) is 11.9. The third-order valence-corrected chi connectivity index (χ3v) is 6.29. The van der Waals surface area contributed by atoms with Crippen LogP contribution in [0.4, 0.5) is 0 Å². The molecule has 1 amide bonds. The molecule has 3 rings (SSSR count). The predicted molar refractivity (Wildman–Crippen MR) is 123 cm³/mol. The molecular weight excluding hydrogens is 434 g/mol. The van der Waals surface area contributed by atoms with Crippen LogP contribution in [0.25, 0.3) is 0 Å². The Morgan fingerprint density at radius 3 is 2.74 bits per heavy atom. The van der Waals surface area contributed by atoms with Crippen LogP contribution in [0.15, 0.2) is 48.0 Å². The average Bonchev–Trinajstić information content (AvgIpc) is 3.38. The van der Waals surface area contributed by atoms with Gasteiger partial charge in [-0.05, 0) is 29.5 Å². The van der Waals surface area contributed by atoms with Crippen molar-refractivity contribution < 1.29 is 14.7 Å². The summed E-state index contributed by atoms with van der Waals surface area (Å²) in [6.45, 7) is 2.63. The zero-order chi connectivity index (χ0) is 22.2. The number of unbranched alkanes of at least 4 members (excludes halogenated alkanes) is 1. The van der Waals surface area contributed by atoms with Gasteiger partial charge in [-0.3, -0.25) is 4.79 Å². The van der Waals surface area contributed by atoms with Gasteiger partial charge < -0.3 is 15.0 Å². The van der Waals surface area contributed by atoms with E-state index in [4.69, 9.17) is 11.6 Å². The molecule has 0 aliphatic carbocycles. The summed E-state index contributed by atoms with van der Waals surface area (Å²) >= 11 is 7.82. The number of carboxylic acid groups (broad SMARTS) is 1. The Labute approximate surface area is 190 Å². The molecule has 0 saturated carbocycles. The molecule has 2 aromatic heterocycles. The van der Waals surface area contributed by atoms with E-state index in [1.54, 1.807) is 6.20 Å². The van der Waals surface area contributed by atoms with E-state index in [0.717, 1.165) is 41.2 Å². The zero-order valence-electron chi connectivity index (χ0n) is 17.4. The van der Waals surface area contributed by atoms with Crippen LogP contribution in [0, 0.1) is 0 Å². The van der Waals surface area contributed by atoms with Gasteiger partial charge in [0, 0.05) is 34.6 Å². The summed E-state index contributed by atoms with van der Waals surface area (Å²) in [5.74, 6) is -0.487. The Hall–Kier alpha value is -2.64. The highest BCUT2D eigenvalue weighted by Gasteiger charge is 2.22. The van der Waals surface area contributed by atoms with E-state index in [1.807, 2.05) is 46.3 Å². The first-order valence-corrected chi connectivity index (χ1v) is 11.5. The third-order valence-electron chi connectivity index (χ3n) is 5.02. The number of carbonyl (C=O) groups is 2. The van der Waals surface area contributed by atoms with Crippen LogP contribution in [-0.4, -0.2) is 32.6 Å². The van der Waals surface area contributed by atoms with E-state index < -0.39 is 12.0 Å². The third kappa shape index (κ3) is 6.42. The van der Waals surface area contributed by atoms with Gasteiger partial charge in [0.1, 0.15) is 11.9 Å². The van der Waals surface area contributed by atoms with Crippen molar-refractivity contribution in [3.63, 3.8) is 0 Å². The lowest BCUT2D eigenvalue weighted by Gasteiger charge is -2.16. The monoisotopic (exact) mass is 459 g/mol. The fourth-order valence-corrected chi connectivity index (χ4v) is 4.31. The van der Waals surface area contributed by atoms with Crippen LogP contribution in [-0.2, 0) is 35.4 Å². The van der Waals surface area contributed by atoms with Crippen molar-refractivity contribution in [3.8, 4) is 0 Å². The van der Waals surface area contributed by atoms with Crippen molar-refractivity contribution >= 4 is 34.8 Å². The maximum absolute atomic E-state index is 12.7. The summed E-state index contributed by atoms with van der Waals surface area (Å²) in [6.07, 6.45) is 4.86. The highest BCUT2D eigenvalue weighted by atomic mass is 35.5. The van der Waals surface area contributed by atoms with E-state index in [0.29, 0.717) is 11.6 Å². The molecule has 0 saturated heterocycles. The van der Waals surface area contributed by atoms with Crippen molar-refractivity contribution in [3.05, 3.63) is 75.0 Å². The number of nitrogens with zero attached hydrogens (tertiary/aromatic N) is 2. The topological polar surface area (TPSA) is 84.2 Å². The van der Waals surface area contributed by atoms with Gasteiger partial charge in [0.15, 0.2) is 0 Å². The van der Waals surface area contributed by atoms with Crippen molar-refractivity contribution in [1.29, 1.82) is 0 Å². The predicted octanol–water partition coefficient (Wildman–Crippen LogP) is 4.34. The van der Waals surface area contributed by atoms with Gasteiger partial charge in [-0.15, -0.1) is 11.3 Å². The molecule has 0 aliphatic heterocycles. The summed E-state index contributed by atoms with van der Waals surface area (Å²) in [4.78, 5) is 29.8. The number of hydrogen-bond acceptors (Lipinski definition) is 4. The number of hydrogen-bond donors (Lipinski definition) is 2. The molecule has 0 fully saturated rings. The van der Waals surface area contributed by atoms with E-state index in [2.05, 4.69) is 17.2 Å². The molecule has 0 spiro atoms. The molecule has 2 N–H and O–H groups in total. The van der Waals surface area contributed by atoms with Crippen molar-refractivity contribution in [2.75, 3.05) is 0 Å². The summed E-state index contributed by atoms with van der Waals surface area (Å²) in [6, 6.07) is 10.4. The number of amides is 1. The molecule has 0 aliphatic rings. The minimum absolute atomic E-state index is 0.0534. The smallest absolute Gasteiger partial charge is 0.326 e. The zero-order valence-corrected chi connectivity index (χ0v) is 19.0. The number of halogens is 1. The largest absolute Gasteiger partial charge is 0.480 e. The molecule has 8 heteroatoms. The van der Waals surface area contributed by atoms with Gasteiger partial charge in [0.25, 0.3) is 0 Å². The quantitative estimate of drug-likeness (QED) is 0.446. The minimum atomic E-state index is -1.05. The van der Waals surface area contributed by atoms with Crippen LogP contribution < -0.4 is 5.32 Å². The lowest BCUT2D eigenvalue weighted by molar-refractivity contribution is -0.141. The van der Waals surface area contributed by atoms with Crippen LogP contribution in [0.2, 0.25) is 5.02 Å². The first-order chi connectivity index (χ1) is 15.0. The van der Waals surface area contributed by atoms with Gasteiger partial charge >= 0.3 is 5.97 Å². The number of aromatic nitrogens is 2. The number of rotatable bonds is 11.